The molecule has 0 aliphatic heterocycles. The van der Waals surface area contributed by atoms with Gasteiger partial charge < -0.3 is 0 Å². The van der Waals surface area contributed by atoms with E-state index in [-0.39, 0.29) is 0 Å². The minimum absolute atomic E-state index is 0.425. The lowest BCUT2D eigenvalue weighted by molar-refractivity contribution is 0.148. The van der Waals surface area contributed by atoms with Crippen LogP contribution in [0.4, 0.5) is 8.78 Å². The standard InChI is InChI=1S/C6H5ClF2N2O2S/c7-3-1-11-2-4(14(10,12)13)5(3)6(8)9/h1-2,6H,(H2,10,12,13). The maximum Gasteiger partial charge on any atom is 0.266 e. The molecule has 14 heavy (non-hydrogen) atoms. The predicted octanol–water partition coefficient (Wildman–Crippen LogP) is 1.32. The number of nitrogens with zero attached hydrogens (tertiary/aromatic N) is 1. The summed E-state index contributed by atoms with van der Waals surface area (Å²) in [6, 6.07) is 0. The van der Waals surface area contributed by atoms with Crippen LogP contribution in [-0.2, 0) is 10.0 Å². The second-order valence-electron chi connectivity index (χ2n) is 2.38. The summed E-state index contributed by atoms with van der Waals surface area (Å²) in [5.41, 5.74) is -0.816. The quantitative estimate of drug-likeness (QED) is 0.850. The van der Waals surface area contributed by atoms with Crippen molar-refractivity contribution in [1.29, 1.82) is 0 Å². The van der Waals surface area contributed by atoms with E-state index in [1.54, 1.807) is 0 Å². The third-order valence-corrected chi connectivity index (χ3v) is 2.67. The molecule has 78 valence electrons. The van der Waals surface area contributed by atoms with Crippen LogP contribution in [0.15, 0.2) is 17.3 Å². The molecule has 0 radical (unpaired) electrons. The molecule has 0 atom stereocenters. The lowest BCUT2D eigenvalue weighted by Crippen LogP contribution is -2.15. The first-order valence-electron chi connectivity index (χ1n) is 3.28. The van der Waals surface area contributed by atoms with Crippen LogP contribution in [0.3, 0.4) is 0 Å². The molecule has 0 aromatic carbocycles. The first kappa shape index (κ1) is 11.3. The smallest absolute Gasteiger partial charge is 0.262 e. The van der Waals surface area contributed by atoms with E-state index in [2.05, 4.69) is 4.98 Å². The maximum atomic E-state index is 12.4. The van der Waals surface area contributed by atoms with Crippen molar-refractivity contribution in [2.75, 3.05) is 0 Å². The highest BCUT2D eigenvalue weighted by atomic mass is 35.5. The molecule has 0 unspecified atom stereocenters. The normalized spacial score (nSPS) is 12.1. The SMILES string of the molecule is NS(=O)(=O)c1cncc(Cl)c1C(F)F. The first-order chi connectivity index (χ1) is 6.34. The predicted molar refractivity (Wildman–Crippen MR) is 45.6 cm³/mol. The molecule has 0 saturated heterocycles. The van der Waals surface area contributed by atoms with E-state index in [4.69, 9.17) is 16.7 Å². The lowest BCUT2D eigenvalue weighted by Gasteiger charge is -2.07. The molecule has 4 nitrogen and oxygen atoms in total. The van der Waals surface area contributed by atoms with Gasteiger partial charge >= 0.3 is 0 Å². The summed E-state index contributed by atoms with van der Waals surface area (Å²) in [6.45, 7) is 0. The molecule has 2 N–H and O–H groups in total. The highest BCUT2D eigenvalue weighted by Crippen LogP contribution is 2.31. The maximum absolute atomic E-state index is 12.4. The molecule has 1 aromatic heterocycles. The van der Waals surface area contributed by atoms with Crippen molar-refractivity contribution in [3.05, 3.63) is 23.0 Å². The summed E-state index contributed by atoms with van der Waals surface area (Å²) in [6.07, 6.45) is -1.35. The summed E-state index contributed by atoms with van der Waals surface area (Å²) in [4.78, 5) is 2.62. The zero-order valence-corrected chi connectivity index (χ0v) is 8.19. The molecule has 0 spiro atoms. The molecular weight excluding hydrogens is 238 g/mol. The number of sulfonamides is 1. The number of hydrogen-bond donors (Lipinski definition) is 1. The average molecular weight is 243 g/mol. The number of primary sulfonamides is 1. The zero-order chi connectivity index (χ0) is 10.9. The topological polar surface area (TPSA) is 73.1 Å². The summed E-state index contributed by atoms with van der Waals surface area (Å²) in [5, 5.41) is 4.28. The van der Waals surface area contributed by atoms with Crippen molar-refractivity contribution < 1.29 is 17.2 Å². The van der Waals surface area contributed by atoms with E-state index in [1.165, 1.54) is 0 Å². The van der Waals surface area contributed by atoms with Crippen LogP contribution >= 0.6 is 11.6 Å². The van der Waals surface area contributed by atoms with Gasteiger partial charge in [0.05, 0.1) is 10.6 Å². The Morgan fingerprint density at radius 2 is 2.00 bits per heavy atom. The number of hydrogen-bond acceptors (Lipinski definition) is 3. The van der Waals surface area contributed by atoms with Gasteiger partial charge in [0.1, 0.15) is 4.90 Å². The van der Waals surface area contributed by atoms with Gasteiger partial charge in [-0.25, -0.2) is 22.3 Å². The highest BCUT2D eigenvalue weighted by molar-refractivity contribution is 7.89. The molecular formula is C6H5ClF2N2O2S. The highest BCUT2D eigenvalue weighted by Gasteiger charge is 2.23. The second-order valence-corrected chi connectivity index (χ2v) is 4.32. The van der Waals surface area contributed by atoms with Gasteiger partial charge in [-0.05, 0) is 0 Å². The van der Waals surface area contributed by atoms with Gasteiger partial charge in [0.15, 0.2) is 0 Å². The van der Waals surface area contributed by atoms with Crippen LogP contribution in [0, 0.1) is 0 Å². The van der Waals surface area contributed by atoms with Crippen LogP contribution in [-0.4, -0.2) is 13.4 Å². The fourth-order valence-electron chi connectivity index (χ4n) is 0.866. The summed E-state index contributed by atoms with van der Waals surface area (Å²) in [5.74, 6) is 0. The van der Waals surface area contributed by atoms with Crippen molar-refractivity contribution in [3.63, 3.8) is 0 Å². The van der Waals surface area contributed by atoms with Gasteiger partial charge in [0, 0.05) is 12.4 Å². The Bertz CT molecular complexity index is 449. The molecule has 0 saturated carbocycles. The number of halogens is 3. The van der Waals surface area contributed by atoms with Crippen LogP contribution in [0.5, 0.6) is 0 Å². The Labute approximate surface area is 83.8 Å². The number of nitrogens with two attached hydrogens (primary N) is 1. The summed E-state index contributed by atoms with van der Waals surface area (Å²) >= 11 is 5.37. The van der Waals surface area contributed by atoms with E-state index in [0.717, 1.165) is 12.4 Å². The van der Waals surface area contributed by atoms with E-state index in [1.807, 2.05) is 0 Å². The van der Waals surface area contributed by atoms with Crippen molar-refractivity contribution in [2.24, 2.45) is 5.14 Å². The largest absolute Gasteiger partial charge is 0.266 e. The fourth-order valence-corrected chi connectivity index (χ4v) is 1.88. The third-order valence-electron chi connectivity index (χ3n) is 1.43. The van der Waals surface area contributed by atoms with Crippen LogP contribution in [0.2, 0.25) is 5.02 Å². The lowest BCUT2D eigenvalue weighted by atomic mass is 10.3. The fraction of sp³-hybridized carbons (Fsp3) is 0.167. The number of alkyl halides is 2. The van der Waals surface area contributed by atoms with E-state index in [0.29, 0.717) is 0 Å². The molecule has 8 heteroatoms. The van der Waals surface area contributed by atoms with Crippen molar-refractivity contribution >= 4 is 21.6 Å². The van der Waals surface area contributed by atoms with E-state index >= 15 is 0 Å². The Morgan fingerprint density at radius 3 is 2.36 bits per heavy atom. The Kier molecular flexibility index (Phi) is 3.03. The van der Waals surface area contributed by atoms with Gasteiger partial charge in [0.25, 0.3) is 6.43 Å². The van der Waals surface area contributed by atoms with Crippen LogP contribution in [0.25, 0.3) is 0 Å². The number of aromatic nitrogens is 1. The molecule has 0 aliphatic rings. The van der Waals surface area contributed by atoms with Gasteiger partial charge in [-0.15, -0.1) is 0 Å². The Hall–Kier alpha value is -0.790. The first-order valence-corrected chi connectivity index (χ1v) is 5.21. The molecule has 0 aliphatic carbocycles. The molecule has 1 rings (SSSR count). The molecule has 1 aromatic rings. The van der Waals surface area contributed by atoms with Gasteiger partial charge in [-0.2, -0.15) is 0 Å². The van der Waals surface area contributed by atoms with E-state index in [9.17, 15) is 17.2 Å². The summed E-state index contributed by atoms with van der Waals surface area (Å²) < 4.78 is 46.5. The minimum atomic E-state index is -4.23. The monoisotopic (exact) mass is 242 g/mol. The molecule has 0 amide bonds. The molecule has 0 fully saturated rings. The number of rotatable bonds is 2. The number of pyridine rings is 1. The zero-order valence-electron chi connectivity index (χ0n) is 6.62. The average Bonchev–Trinajstić information content (AvgIpc) is 2.01. The van der Waals surface area contributed by atoms with Crippen molar-refractivity contribution in [3.8, 4) is 0 Å². The van der Waals surface area contributed by atoms with Crippen LogP contribution in [0.1, 0.15) is 12.0 Å². The summed E-state index contributed by atoms with van der Waals surface area (Å²) in [7, 11) is -4.23. The molecule has 0 bridgehead atoms. The minimum Gasteiger partial charge on any atom is -0.262 e. The van der Waals surface area contributed by atoms with Gasteiger partial charge in [0.2, 0.25) is 10.0 Å². The second kappa shape index (κ2) is 3.76. The Balaban J connectivity index is 3.52. The van der Waals surface area contributed by atoms with Crippen molar-refractivity contribution in [2.45, 2.75) is 11.3 Å². The van der Waals surface area contributed by atoms with Gasteiger partial charge in [-0.1, -0.05) is 11.6 Å². The molecule has 1 heterocycles. The third kappa shape index (κ3) is 2.17. The van der Waals surface area contributed by atoms with Crippen molar-refractivity contribution in [1.82, 2.24) is 4.98 Å². The van der Waals surface area contributed by atoms with Gasteiger partial charge in [-0.3, -0.25) is 4.98 Å². The van der Waals surface area contributed by atoms with Crippen LogP contribution < -0.4 is 5.14 Å². The Morgan fingerprint density at radius 1 is 1.43 bits per heavy atom. The van der Waals surface area contributed by atoms with E-state index < -0.39 is 31.9 Å².